The highest BCUT2D eigenvalue weighted by Gasteiger charge is 2.10. The van der Waals surface area contributed by atoms with Crippen LogP contribution in [0.4, 0.5) is 0 Å². The minimum absolute atomic E-state index is 0.0249. The third-order valence-corrected chi connectivity index (χ3v) is 3.52. The van der Waals surface area contributed by atoms with Crippen molar-refractivity contribution in [2.45, 2.75) is 13.0 Å². The third-order valence-electron chi connectivity index (χ3n) is 2.46. The van der Waals surface area contributed by atoms with Crippen LogP contribution in [0.15, 0.2) is 47.8 Å². The summed E-state index contributed by atoms with van der Waals surface area (Å²) in [7, 11) is 0. The Balaban J connectivity index is 1.79. The summed E-state index contributed by atoms with van der Waals surface area (Å²) in [5, 5.41) is 4.90. The number of thiophene rings is 1. The van der Waals surface area contributed by atoms with Gasteiger partial charge in [-0.1, -0.05) is 24.3 Å². The number of para-hydroxylation sites is 1. The zero-order chi connectivity index (χ0) is 12.8. The van der Waals surface area contributed by atoms with Crippen molar-refractivity contribution in [1.29, 1.82) is 0 Å². The van der Waals surface area contributed by atoms with Crippen molar-refractivity contribution in [3.8, 4) is 5.75 Å². The second-order valence-electron chi connectivity index (χ2n) is 3.91. The van der Waals surface area contributed by atoms with Crippen molar-refractivity contribution in [3.05, 3.63) is 52.7 Å². The van der Waals surface area contributed by atoms with E-state index in [1.807, 2.05) is 54.8 Å². The molecular weight excluding hydrogens is 246 g/mol. The van der Waals surface area contributed by atoms with E-state index in [4.69, 9.17) is 4.74 Å². The first kappa shape index (κ1) is 12.6. The Labute approximate surface area is 110 Å². The lowest BCUT2D eigenvalue weighted by molar-refractivity contribution is -0.123. The highest BCUT2D eigenvalue weighted by molar-refractivity contribution is 7.10. The highest BCUT2D eigenvalue weighted by Crippen LogP contribution is 2.17. The molecule has 1 N–H and O–H groups in total. The van der Waals surface area contributed by atoms with Gasteiger partial charge in [0.1, 0.15) is 5.75 Å². The summed E-state index contributed by atoms with van der Waals surface area (Å²) >= 11 is 1.63. The molecule has 0 radical (unpaired) electrons. The number of ether oxygens (including phenoxy) is 1. The van der Waals surface area contributed by atoms with Crippen molar-refractivity contribution in [2.75, 3.05) is 6.61 Å². The van der Waals surface area contributed by atoms with E-state index >= 15 is 0 Å². The average Bonchev–Trinajstić information content (AvgIpc) is 2.91. The van der Waals surface area contributed by atoms with Gasteiger partial charge in [-0.25, -0.2) is 0 Å². The van der Waals surface area contributed by atoms with Crippen LogP contribution in [-0.4, -0.2) is 12.5 Å². The number of benzene rings is 1. The lowest BCUT2D eigenvalue weighted by Crippen LogP contribution is -2.30. The normalized spacial score (nSPS) is 11.8. The molecule has 1 amide bonds. The van der Waals surface area contributed by atoms with Gasteiger partial charge in [0, 0.05) is 4.88 Å². The van der Waals surface area contributed by atoms with Gasteiger partial charge in [-0.2, -0.15) is 0 Å². The molecule has 0 aliphatic rings. The first-order valence-electron chi connectivity index (χ1n) is 5.76. The van der Waals surface area contributed by atoms with Crippen LogP contribution >= 0.6 is 11.3 Å². The van der Waals surface area contributed by atoms with Gasteiger partial charge >= 0.3 is 0 Å². The van der Waals surface area contributed by atoms with E-state index in [-0.39, 0.29) is 18.6 Å². The lowest BCUT2D eigenvalue weighted by atomic mass is 10.3. The summed E-state index contributed by atoms with van der Waals surface area (Å²) in [6.07, 6.45) is 0. The lowest BCUT2D eigenvalue weighted by Gasteiger charge is -2.12. The molecule has 4 heteroatoms. The molecule has 0 fully saturated rings. The van der Waals surface area contributed by atoms with E-state index in [0.29, 0.717) is 5.75 Å². The molecule has 2 aromatic rings. The second-order valence-corrected chi connectivity index (χ2v) is 4.89. The molecule has 1 aromatic heterocycles. The van der Waals surface area contributed by atoms with Gasteiger partial charge in [0.25, 0.3) is 5.91 Å². The first-order chi connectivity index (χ1) is 8.75. The molecule has 1 heterocycles. The number of hydrogen-bond donors (Lipinski definition) is 1. The quantitative estimate of drug-likeness (QED) is 0.898. The Hall–Kier alpha value is -1.81. The van der Waals surface area contributed by atoms with Crippen LogP contribution in [-0.2, 0) is 4.79 Å². The summed E-state index contributed by atoms with van der Waals surface area (Å²) in [4.78, 5) is 12.8. The fourth-order valence-electron chi connectivity index (χ4n) is 1.56. The standard InChI is InChI=1S/C14H15NO2S/c1-11(13-8-5-9-18-13)15-14(16)10-17-12-6-3-2-4-7-12/h2-9,11H,10H2,1H3,(H,15,16)/t11-/m0/s1. The summed E-state index contributed by atoms with van der Waals surface area (Å²) in [6.45, 7) is 2.01. The summed E-state index contributed by atoms with van der Waals surface area (Å²) in [5.74, 6) is 0.594. The zero-order valence-electron chi connectivity index (χ0n) is 10.1. The SMILES string of the molecule is C[C@H](NC(=O)COc1ccccc1)c1cccs1. The van der Waals surface area contributed by atoms with Gasteiger partial charge in [-0.05, 0) is 30.5 Å². The van der Waals surface area contributed by atoms with Gasteiger partial charge in [0.2, 0.25) is 0 Å². The predicted molar refractivity (Wildman–Crippen MR) is 72.8 cm³/mol. The monoisotopic (exact) mass is 261 g/mol. The Morgan fingerprint density at radius 1 is 1.28 bits per heavy atom. The fraction of sp³-hybridized carbons (Fsp3) is 0.214. The third kappa shape index (κ3) is 3.60. The largest absolute Gasteiger partial charge is 0.484 e. The number of hydrogen-bond acceptors (Lipinski definition) is 3. The molecule has 0 aliphatic heterocycles. The average molecular weight is 261 g/mol. The Morgan fingerprint density at radius 3 is 2.72 bits per heavy atom. The van der Waals surface area contributed by atoms with Crippen LogP contribution in [0.2, 0.25) is 0 Å². The molecule has 0 saturated carbocycles. The fourth-order valence-corrected chi connectivity index (χ4v) is 2.29. The van der Waals surface area contributed by atoms with E-state index in [0.717, 1.165) is 4.88 Å². The molecule has 2 rings (SSSR count). The van der Waals surface area contributed by atoms with Gasteiger partial charge in [-0.3, -0.25) is 4.79 Å². The Kier molecular flexibility index (Phi) is 4.36. The van der Waals surface area contributed by atoms with Crippen LogP contribution in [0.1, 0.15) is 17.8 Å². The summed E-state index contributed by atoms with van der Waals surface area (Å²) in [5.41, 5.74) is 0. The molecule has 3 nitrogen and oxygen atoms in total. The molecule has 0 unspecified atom stereocenters. The van der Waals surface area contributed by atoms with Crippen LogP contribution < -0.4 is 10.1 Å². The maximum Gasteiger partial charge on any atom is 0.258 e. The van der Waals surface area contributed by atoms with Gasteiger partial charge in [0.05, 0.1) is 6.04 Å². The topological polar surface area (TPSA) is 38.3 Å². The van der Waals surface area contributed by atoms with E-state index in [1.165, 1.54) is 0 Å². The zero-order valence-corrected chi connectivity index (χ0v) is 10.9. The highest BCUT2D eigenvalue weighted by atomic mass is 32.1. The van der Waals surface area contributed by atoms with E-state index < -0.39 is 0 Å². The molecule has 1 atom stereocenters. The number of nitrogens with one attached hydrogen (secondary N) is 1. The van der Waals surface area contributed by atoms with Crippen LogP contribution in [0.3, 0.4) is 0 Å². The maximum atomic E-state index is 11.7. The molecule has 18 heavy (non-hydrogen) atoms. The minimum Gasteiger partial charge on any atom is -0.484 e. The second kappa shape index (κ2) is 6.21. The van der Waals surface area contributed by atoms with Crippen molar-refractivity contribution < 1.29 is 9.53 Å². The molecular formula is C14H15NO2S. The van der Waals surface area contributed by atoms with Crippen molar-refractivity contribution >= 4 is 17.2 Å². The first-order valence-corrected chi connectivity index (χ1v) is 6.64. The maximum absolute atomic E-state index is 11.7. The predicted octanol–water partition coefficient (Wildman–Crippen LogP) is 3.00. The molecule has 0 saturated heterocycles. The van der Waals surface area contributed by atoms with Gasteiger partial charge in [-0.15, -0.1) is 11.3 Å². The molecule has 0 aliphatic carbocycles. The van der Waals surface area contributed by atoms with E-state index in [9.17, 15) is 4.79 Å². The summed E-state index contributed by atoms with van der Waals surface area (Å²) in [6, 6.07) is 13.3. The number of rotatable bonds is 5. The number of carbonyl (C=O) groups excluding carboxylic acids is 1. The molecule has 0 spiro atoms. The summed E-state index contributed by atoms with van der Waals surface area (Å²) < 4.78 is 5.38. The Bertz CT molecular complexity index is 482. The van der Waals surface area contributed by atoms with Crippen molar-refractivity contribution in [3.63, 3.8) is 0 Å². The van der Waals surface area contributed by atoms with Crippen LogP contribution in [0.25, 0.3) is 0 Å². The van der Waals surface area contributed by atoms with Crippen LogP contribution in [0, 0.1) is 0 Å². The van der Waals surface area contributed by atoms with Crippen molar-refractivity contribution in [1.82, 2.24) is 5.32 Å². The number of carbonyl (C=O) groups is 1. The Morgan fingerprint density at radius 2 is 2.06 bits per heavy atom. The molecule has 94 valence electrons. The van der Waals surface area contributed by atoms with Crippen molar-refractivity contribution in [2.24, 2.45) is 0 Å². The van der Waals surface area contributed by atoms with Crippen LogP contribution in [0.5, 0.6) is 5.75 Å². The molecule has 0 bridgehead atoms. The van der Waals surface area contributed by atoms with E-state index in [2.05, 4.69) is 5.32 Å². The van der Waals surface area contributed by atoms with Gasteiger partial charge < -0.3 is 10.1 Å². The smallest absolute Gasteiger partial charge is 0.258 e. The van der Waals surface area contributed by atoms with Gasteiger partial charge in [0.15, 0.2) is 6.61 Å². The van der Waals surface area contributed by atoms with E-state index in [1.54, 1.807) is 11.3 Å². The molecule has 1 aromatic carbocycles. The number of amides is 1. The minimum atomic E-state index is -0.111.